The highest BCUT2D eigenvalue weighted by Crippen LogP contribution is 2.31. The van der Waals surface area contributed by atoms with Crippen LogP contribution in [0.3, 0.4) is 0 Å². The molecule has 1 heterocycles. The molecular weight excluding hydrogens is 330 g/mol. The minimum absolute atomic E-state index is 0.267. The third-order valence-corrected chi connectivity index (χ3v) is 5.19. The van der Waals surface area contributed by atoms with Crippen LogP contribution in [0.25, 0.3) is 10.8 Å². The van der Waals surface area contributed by atoms with Gasteiger partial charge in [-0.05, 0) is 65.5 Å². The van der Waals surface area contributed by atoms with E-state index in [0.29, 0.717) is 0 Å². The van der Waals surface area contributed by atoms with E-state index >= 15 is 0 Å². The van der Waals surface area contributed by atoms with Crippen molar-refractivity contribution in [3.8, 4) is 0 Å². The molecule has 3 heteroatoms. The van der Waals surface area contributed by atoms with Crippen LogP contribution >= 0.6 is 27.3 Å². The number of halogens is 1. The molecule has 1 atom stereocenters. The lowest BCUT2D eigenvalue weighted by atomic mass is 9.99. The van der Waals surface area contributed by atoms with Crippen molar-refractivity contribution in [1.82, 2.24) is 5.32 Å². The molecule has 0 radical (unpaired) electrons. The lowest BCUT2D eigenvalue weighted by molar-refractivity contribution is 0.701. The highest BCUT2D eigenvalue weighted by molar-refractivity contribution is 9.10. The van der Waals surface area contributed by atoms with Gasteiger partial charge in [-0.15, -0.1) is 11.3 Å². The van der Waals surface area contributed by atoms with Crippen molar-refractivity contribution in [2.75, 3.05) is 7.05 Å². The molecule has 0 saturated heterocycles. The van der Waals surface area contributed by atoms with Gasteiger partial charge in [-0.25, -0.2) is 0 Å². The molecule has 3 aromatic rings. The highest BCUT2D eigenvalue weighted by Gasteiger charge is 2.15. The van der Waals surface area contributed by atoms with Gasteiger partial charge in [-0.3, -0.25) is 0 Å². The summed E-state index contributed by atoms with van der Waals surface area (Å²) < 4.78 is 1.12. The van der Waals surface area contributed by atoms with Gasteiger partial charge in [-0.1, -0.05) is 34.1 Å². The van der Waals surface area contributed by atoms with Gasteiger partial charge in [0.1, 0.15) is 0 Å². The lowest BCUT2D eigenvalue weighted by Gasteiger charge is -2.17. The predicted molar refractivity (Wildman–Crippen MR) is 91.6 cm³/mol. The van der Waals surface area contributed by atoms with E-state index in [-0.39, 0.29) is 6.04 Å². The SMILES string of the molecule is CNC(c1ccc2cc(Br)ccc2c1)c1sccc1C. The molecule has 0 spiro atoms. The van der Waals surface area contributed by atoms with E-state index in [2.05, 4.69) is 76.0 Å². The second-order valence-electron chi connectivity index (χ2n) is 4.94. The molecule has 1 aromatic heterocycles. The van der Waals surface area contributed by atoms with Gasteiger partial charge in [0, 0.05) is 9.35 Å². The van der Waals surface area contributed by atoms with Crippen LogP contribution in [0.4, 0.5) is 0 Å². The molecular formula is C17H16BrNS. The van der Waals surface area contributed by atoms with Crippen molar-refractivity contribution in [1.29, 1.82) is 0 Å². The highest BCUT2D eigenvalue weighted by atomic mass is 79.9. The predicted octanol–water partition coefficient (Wildman–Crippen LogP) is 5.28. The minimum atomic E-state index is 0.267. The number of fused-ring (bicyclic) bond motifs is 1. The van der Waals surface area contributed by atoms with Gasteiger partial charge in [0.15, 0.2) is 0 Å². The van der Waals surface area contributed by atoms with Crippen LogP contribution in [0.5, 0.6) is 0 Å². The van der Waals surface area contributed by atoms with Crippen LogP contribution in [0, 0.1) is 6.92 Å². The number of nitrogens with one attached hydrogen (secondary N) is 1. The maximum atomic E-state index is 3.52. The molecule has 1 nitrogen and oxygen atoms in total. The number of benzene rings is 2. The monoisotopic (exact) mass is 345 g/mol. The van der Waals surface area contributed by atoms with Crippen LogP contribution in [0.15, 0.2) is 52.3 Å². The van der Waals surface area contributed by atoms with Gasteiger partial charge in [0.25, 0.3) is 0 Å². The molecule has 1 unspecified atom stereocenters. The Labute approximate surface area is 131 Å². The van der Waals surface area contributed by atoms with E-state index in [0.717, 1.165) is 4.47 Å². The first-order chi connectivity index (χ1) is 9.69. The standard InChI is InChI=1S/C17H16BrNS/c1-11-7-8-20-17(11)16(19-2)14-4-3-13-10-15(18)6-5-12(13)9-14/h3-10,16,19H,1-2H3. The van der Waals surface area contributed by atoms with E-state index < -0.39 is 0 Å². The summed E-state index contributed by atoms with van der Waals surface area (Å²) in [4.78, 5) is 1.39. The van der Waals surface area contributed by atoms with Crippen LogP contribution in [0.2, 0.25) is 0 Å². The first-order valence-electron chi connectivity index (χ1n) is 6.59. The van der Waals surface area contributed by atoms with Gasteiger partial charge in [0.2, 0.25) is 0 Å². The van der Waals surface area contributed by atoms with Gasteiger partial charge in [0.05, 0.1) is 6.04 Å². The number of rotatable bonds is 3. The summed E-state index contributed by atoms with van der Waals surface area (Å²) in [7, 11) is 2.02. The van der Waals surface area contributed by atoms with Crippen molar-refractivity contribution < 1.29 is 0 Å². The Morgan fingerprint density at radius 3 is 2.50 bits per heavy atom. The summed E-state index contributed by atoms with van der Waals surface area (Å²) in [6.45, 7) is 2.17. The van der Waals surface area contributed by atoms with E-state index in [1.807, 2.05) is 18.4 Å². The molecule has 3 rings (SSSR count). The van der Waals surface area contributed by atoms with Crippen LogP contribution in [-0.2, 0) is 0 Å². The Hall–Kier alpha value is -1.16. The topological polar surface area (TPSA) is 12.0 Å². The third kappa shape index (κ3) is 2.53. The van der Waals surface area contributed by atoms with Crippen molar-refractivity contribution in [3.05, 3.63) is 68.3 Å². The Morgan fingerprint density at radius 2 is 1.80 bits per heavy atom. The third-order valence-electron chi connectivity index (χ3n) is 3.61. The van der Waals surface area contributed by atoms with Crippen LogP contribution in [-0.4, -0.2) is 7.05 Å². The number of hydrogen-bond acceptors (Lipinski definition) is 2. The van der Waals surface area contributed by atoms with E-state index in [4.69, 9.17) is 0 Å². The average Bonchev–Trinajstić information content (AvgIpc) is 2.86. The molecule has 2 aromatic carbocycles. The second-order valence-corrected chi connectivity index (χ2v) is 6.80. The molecule has 102 valence electrons. The Balaban J connectivity index is 2.08. The molecule has 0 aliphatic carbocycles. The zero-order chi connectivity index (χ0) is 14.1. The van der Waals surface area contributed by atoms with Crippen LogP contribution in [0.1, 0.15) is 22.0 Å². The van der Waals surface area contributed by atoms with Crippen molar-refractivity contribution >= 4 is 38.0 Å². The normalized spacial score (nSPS) is 12.8. The molecule has 1 N–H and O–H groups in total. The first-order valence-corrected chi connectivity index (χ1v) is 8.27. The average molecular weight is 346 g/mol. The summed E-state index contributed by atoms with van der Waals surface area (Å²) in [5.74, 6) is 0. The smallest absolute Gasteiger partial charge is 0.0671 e. The van der Waals surface area contributed by atoms with Crippen molar-refractivity contribution in [3.63, 3.8) is 0 Å². The second kappa shape index (κ2) is 5.68. The van der Waals surface area contributed by atoms with Gasteiger partial charge >= 0.3 is 0 Å². The number of aryl methyl sites for hydroxylation is 1. The van der Waals surface area contributed by atoms with Crippen molar-refractivity contribution in [2.45, 2.75) is 13.0 Å². The van der Waals surface area contributed by atoms with E-state index in [1.165, 1.54) is 26.8 Å². The Bertz CT molecular complexity index is 748. The summed E-state index contributed by atoms with van der Waals surface area (Å²) in [6, 6.07) is 15.6. The summed E-state index contributed by atoms with van der Waals surface area (Å²) in [5.41, 5.74) is 2.66. The first kappa shape index (κ1) is 13.8. The molecule has 0 bridgehead atoms. The number of thiophene rings is 1. The van der Waals surface area contributed by atoms with Gasteiger partial charge in [-0.2, -0.15) is 0 Å². The quantitative estimate of drug-likeness (QED) is 0.680. The summed E-state index contributed by atoms with van der Waals surface area (Å²) in [5, 5.41) is 8.14. The Kier molecular flexibility index (Phi) is 3.92. The molecule has 0 aliphatic heterocycles. The Morgan fingerprint density at radius 1 is 1.05 bits per heavy atom. The molecule has 0 amide bonds. The molecule has 20 heavy (non-hydrogen) atoms. The number of hydrogen-bond donors (Lipinski definition) is 1. The molecule has 0 aliphatic rings. The van der Waals surface area contributed by atoms with E-state index in [1.54, 1.807) is 0 Å². The summed E-state index contributed by atoms with van der Waals surface area (Å²) in [6.07, 6.45) is 0. The summed E-state index contributed by atoms with van der Waals surface area (Å²) >= 11 is 5.34. The maximum absolute atomic E-state index is 3.52. The van der Waals surface area contributed by atoms with E-state index in [9.17, 15) is 0 Å². The fraction of sp³-hybridized carbons (Fsp3) is 0.176. The fourth-order valence-electron chi connectivity index (χ4n) is 2.54. The lowest BCUT2D eigenvalue weighted by Crippen LogP contribution is -2.17. The van der Waals surface area contributed by atoms with Crippen molar-refractivity contribution in [2.24, 2.45) is 0 Å². The largest absolute Gasteiger partial charge is 0.309 e. The molecule has 0 fully saturated rings. The van der Waals surface area contributed by atoms with Crippen LogP contribution < -0.4 is 5.32 Å². The van der Waals surface area contributed by atoms with Gasteiger partial charge < -0.3 is 5.32 Å². The fourth-order valence-corrected chi connectivity index (χ4v) is 3.99. The zero-order valence-electron chi connectivity index (χ0n) is 11.5. The zero-order valence-corrected chi connectivity index (χ0v) is 13.9. The molecule has 0 saturated carbocycles. The minimum Gasteiger partial charge on any atom is -0.309 e. The maximum Gasteiger partial charge on any atom is 0.0671 e.